The van der Waals surface area contributed by atoms with Crippen LogP contribution in [0.4, 0.5) is 0 Å². The summed E-state index contributed by atoms with van der Waals surface area (Å²) in [6.45, 7) is -0.660. The van der Waals surface area contributed by atoms with Crippen molar-refractivity contribution in [2.75, 3.05) is 6.61 Å². The summed E-state index contributed by atoms with van der Waals surface area (Å²) in [6, 6.07) is 3.32. The van der Waals surface area contributed by atoms with Gasteiger partial charge in [0.2, 0.25) is 12.0 Å². The largest absolute Gasteiger partial charge is 0.504 e. The number of benzene rings is 1. The van der Waals surface area contributed by atoms with Gasteiger partial charge in [0.05, 0.1) is 12.0 Å². The van der Waals surface area contributed by atoms with Gasteiger partial charge in [0, 0.05) is 12.1 Å². The lowest BCUT2D eigenvalue weighted by Gasteiger charge is -2.39. The average Bonchev–Trinajstić information content (AvgIpc) is 2.58. The van der Waals surface area contributed by atoms with E-state index < -0.39 is 54.4 Å². The Morgan fingerprint density at radius 1 is 1.08 bits per heavy atom. The highest BCUT2D eigenvalue weighted by atomic mass is 16.7. The molecule has 10 heteroatoms. The molecule has 10 nitrogen and oxygen atoms in total. The number of ether oxygens (including phenoxy) is 2. The van der Waals surface area contributed by atoms with Crippen molar-refractivity contribution in [3.8, 4) is 17.2 Å². The monoisotopic (exact) mass is 356 g/mol. The number of hydrogen-bond acceptors (Lipinski definition) is 10. The van der Waals surface area contributed by atoms with Crippen molar-refractivity contribution in [1.29, 1.82) is 0 Å². The van der Waals surface area contributed by atoms with E-state index in [0.29, 0.717) is 0 Å². The predicted octanol–water partition coefficient (Wildman–Crippen LogP) is -1.62. The lowest BCUT2D eigenvalue weighted by Crippen LogP contribution is -2.60. The summed E-state index contributed by atoms with van der Waals surface area (Å²) >= 11 is 0. The molecule has 25 heavy (non-hydrogen) atoms. The third-order valence-electron chi connectivity index (χ3n) is 3.91. The SMILES string of the molecule is O=c1ccc2c(O[C@H]3O[C@@H](CO)[C@H](O)[C@@H](O)[C@@H]3O)c(O)c(O)cc2o1. The normalized spacial score (nSPS) is 29.7. The molecule has 0 saturated carbocycles. The van der Waals surface area contributed by atoms with Gasteiger partial charge in [0.15, 0.2) is 11.5 Å². The first-order valence-corrected chi connectivity index (χ1v) is 7.29. The molecule has 3 rings (SSSR count). The Morgan fingerprint density at radius 2 is 1.80 bits per heavy atom. The van der Waals surface area contributed by atoms with E-state index >= 15 is 0 Å². The summed E-state index contributed by atoms with van der Waals surface area (Å²) in [5, 5.41) is 58.6. The van der Waals surface area contributed by atoms with E-state index in [-0.39, 0.29) is 16.7 Å². The van der Waals surface area contributed by atoms with Crippen LogP contribution in [0.3, 0.4) is 0 Å². The van der Waals surface area contributed by atoms with Gasteiger partial charge >= 0.3 is 5.63 Å². The molecular weight excluding hydrogens is 340 g/mol. The van der Waals surface area contributed by atoms with Crippen molar-refractivity contribution in [2.24, 2.45) is 0 Å². The van der Waals surface area contributed by atoms with Gasteiger partial charge in [-0.2, -0.15) is 0 Å². The van der Waals surface area contributed by atoms with Gasteiger partial charge in [-0.1, -0.05) is 0 Å². The summed E-state index contributed by atoms with van der Waals surface area (Å²) < 4.78 is 15.4. The predicted molar refractivity (Wildman–Crippen MR) is 80.2 cm³/mol. The molecule has 0 spiro atoms. The van der Waals surface area contributed by atoms with E-state index in [9.17, 15) is 35.4 Å². The van der Waals surface area contributed by atoms with E-state index in [0.717, 1.165) is 12.1 Å². The molecule has 1 aliphatic heterocycles. The maximum atomic E-state index is 11.3. The topological polar surface area (TPSA) is 170 Å². The number of aliphatic hydroxyl groups is 4. The van der Waals surface area contributed by atoms with Crippen LogP contribution in [0.25, 0.3) is 11.0 Å². The minimum Gasteiger partial charge on any atom is -0.504 e. The molecule has 0 unspecified atom stereocenters. The molecule has 1 saturated heterocycles. The zero-order valence-electron chi connectivity index (χ0n) is 12.6. The molecule has 1 aromatic heterocycles. The fourth-order valence-electron chi connectivity index (χ4n) is 2.56. The first kappa shape index (κ1) is 17.5. The van der Waals surface area contributed by atoms with E-state index in [1.165, 1.54) is 6.07 Å². The van der Waals surface area contributed by atoms with Gasteiger partial charge in [0.1, 0.15) is 30.0 Å². The number of phenols is 2. The molecule has 0 bridgehead atoms. The number of aliphatic hydroxyl groups excluding tert-OH is 4. The third kappa shape index (κ3) is 3.01. The standard InChI is InChI=1S/C15H16O10/c16-4-8-11(20)12(21)13(22)15(24-8)25-14-5-1-2-9(18)23-7(5)3-6(17)10(14)19/h1-3,8,11-13,15-17,19-22H,4H2/t8-,11-,12+,13-,15+/m0/s1. The Morgan fingerprint density at radius 3 is 2.48 bits per heavy atom. The van der Waals surface area contributed by atoms with Crippen LogP contribution in [0.5, 0.6) is 17.2 Å². The van der Waals surface area contributed by atoms with Crippen molar-refractivity contribution in [1.82, 2.24) is 0 Å². The van der Waals surface area contributed by atoms with Crippen LogP contribution >= 0.6 is 0 Å². The zero-order valence-corrected chi connectivity index (χ0v) is 12.6. The van der Waals surface area contributed by atoms with Crippen LogP contribution in [0.15, 0.2) is 27.4 Å². The van der Waals surface area contributed by atoms with Crippen molar-refractivity contribution in [3.63, 3.8) is 0 Å². The fourth-order valence-corrected chi connectivity index (χ4v) is 2.56. The lowest BCUT2D eigenvalue weighted by molar-refractivity contribution is -0.277. The summed E-state index contributed by atoms with van der Waals surface area (Å²) in [5.74, 6) is -1.73. The number of fused-ring (bicyclic) bond motifs is 1. The molecule has 0 amide bonds. The molecule has 1 aliphatic rings. The molecule has 136 valence electrons. The first-order valence-electron chi connectivity index (χ1n) is 7.29. The van der Waals surface area contributed by atoms with E-state index in [1.807, 2.05) is 0 Å². The molecule has 6 N–H and O–H groups in total. The van der Waals surface area contributed by atoms with E-state index in [1.54, 1.807) is 0 Å². The molecule has 2 heterocycles. The number of phenolic OH excluding ortho intramolecular Hbond substituents is 2. The maximum Gasteiger partial charge on any atom is 0.336 e. The highest BCUT2D eigenvalue weighted by Gasteiger charge is 2.45. The van der Waals surface area contributed by atoms with Crippen LogP contribution in [-0.4, -0.2) is 68.0 Å². The molecule has 0 radical (unpaired) electrons. The maximum absolute atomic E-state index is 11.3. The molecule has 0 aliphatic carbocycles. The Balaban J connectivity index is 2.02. The summed E-state index contributed by atoms with van der Waals surface area (Å²) in [6.07, 6.45) is -7.78. The van der Waals surface area contributed by atoms with Crippen LogP contribution in [0.2, 0.25) is 0 Å². The Bertz CT molecular complexity index is 829. The van der Waals surface area contributed by atoms with Gasteiger partial charge in [-0.25, -0.2) is 4.79 Å². The lowest BCUT2D eigenvalue weighted by atomic mass is 9.99. The second kappa shape index (κ2) is 6.50. The third-order valence-corrected chi connectivity index (χ3v) is 3.91. The van der Waals surface area contributed by atoms with E-state index in [4.69, 9.17) is 13.9 Å². The van der Waals surface area contributed by atoms with Gasteiger partial charge in [-0.3, -0.25) is 0 Å². The minimum absolute atomic E-state index is 0.0897. The molecule has 2 aromatic rings. The minimum atomic E-state index is -1.72. The smallest absolute Gasteiger partial charge is 0.336 e. The molecular formula is C15H16O10. The zero-order chi connectivity index (χ0) is 18.3. The van der Waals surface area contributed by atoms with Crippen LogP contribution in [0.1, 0.15) is 0 Å². The molecule has 1 fully saturated rings. The summed E-state index contributed by atoms with van der Waals surface area (Å²) in [4.78, 5) is 11.3. The van der Waals surface area contributed by atoms with Crippen molar-refractivity contribution >= 4 is 11.0 Å². The van der Waals surface area contributed by atoms with Gasteiger partial charge in [0.25, 0.3) is 0 Å². The van der Waals surface area contributed by atoms with Crippen molar-refractivity contribution in [3.05, 3.63) is 28.6 Å². The number of rotatable bonds is 3. The Hall–Kier alpha value is -2.37. The van der Waals surface area contributed by atoms with Crippen molar-refractivity contribution < 1.29 is 44.5 Å². The van der Waals surface area contributed by atoms with Gasteiger partial charge < -0.3 is 44.5 Å². The van der Waals surface area contributed by atoms with Crippen LogP contribution < -0.4 is 10.4 Å². The number of hydrogen-bond donors (Lipinski definition) is 6. The molecule has 1 aromatic carbocycles. The van der Waals surface area contributed by atoms with Crippen molar-refractivity contribution in [2.45, 2.75) is 30.7 Å². The van der Waals surface area contributed by atoms with Crippen LogP contribution in [-0.2, 0) is 4.74 Å². The van der Waals surface area contributed by atoms with Gasteiger partial charge in [-0.05, 0) is 6.07 Å². The first-order chi connectivity index (χ1) is 11.8. The average molecular weight is 356 g/mol. The van der Waals surface area contributed by atoms with Crippen LogP contribution in [0, 0.1) is 0 Å². The quantitative estimate of drug-likeness (QED) is 0.277. The fraction of sp³-hybridized carbons (Fsp3) is 0.400. The van der Waals surface area contributed by atoms with E-state index in [2.05, 4.69) is 0 Å². The number of aromatic hydroxyl groups is 2. The Labute approximate surface area is 139 Å². The van der Waals surface area contributed by atoms with Gasteiger partial charge in [-0.15, -0.1) is 0 Å². The summed E-state index contributed by atoms with van der Waals surface area (Å²) in [7, 11) is 0. The highest BCUT2D eigenvalue weighted by Crippen LogP contribution is 2.42. The second-order valence-electron chi connectivity index (χ2n) is 5.55. The second-order valence-corrected chi connectivity index (χ2v) is 5.55. The highest BCUT2D eigenvalue weighted by molar-refractivity contribution is 5.88. The summed E-state index contributed by atoms with van der Waals surface area (Å²) in [5.41, 5.74) is -0.793. The molecule has 5 atom stereocenters. The Kier molecular flexibility index (Phi) is 4.54.